The van der Waals surface area contributed by atoms with Crippen LogP contribution in [0.4, 0.5) is 38.8 Å². The Labute approximate surface area is 377 Å². The maximum atomic E-state index is 13.5. The van der Waals surface area contributed by atoms with Gasteiger partial charge in [-0.2, -0.15) is 0 Å². The predicted molar refractivity (Wildman–Crippen MR) is 244 cm³/mol. The third-order valence-corrected chi connectivity index (χ3v) is 10.7. The van der Waals surface area contributed by atoms with E-state index in [1.54, 1.807) is 42.6 Å². The summed E-state index contributed by atoms with van der Waals surface area (Å²) in [5.41, 5.74) is 3.83. The number of carboxylic acids is 1. The summed E-state index contributed by atoms with van der Waals surface area (Å²) in [5, 5.41) is 23.8. The molecule has 1 unspecified atom stereocenters. The molecule has 20 heteroatoms. The van der Waals surface area contributed by atoms with E-state index in [0.717, 1.165) is 60.4 Å². The van der Waals surface area contributed by atoms with Crippen molar-refractivity contribution in [2.45, 2.75) is 38.6 Å². The molecule has 1 saturated heterocycles. The molecule has 6 heterocycles. The molecule has 1 atom stereocenters. The van der Waals surface area contributed by atoms with Gasteiger partial charge in [0.25, 0.3) is 17.4 Å². The molecule has 1 fully saturated rings. The second-order valence-electron chi connectivity index (χ2n) is 15.3. The number of carbonyl (C=O) groups is 4. The molecule has 0 radical (unpaired) electrons. The van der Waals surface area contributed by atoms with Crippen molar-refractivity contribution in [3.05, 3.63) is 131 Å². The number of halogens is 1. The third kappa shape index (κ3) is 11.6. The molecule has 1 aromatic carbocycles. The van der Waals surface area contributed by atoms with Crippen molar-refractivity contribution in [3.63, 3.8) is 0 Å². The van der Waals surface area contributed by atoms with Crippen LogP contribution in [0.2, 0.25) is 0 Å². The number of hydrogen-bond acceptors (Lipinski definition) is 14. The number of piperidine rings is 1. The number of para-hydroxylation sites is 1. The lowest BCUT2D eigenvalue weighted by atomic mass is 9.96. The summed E-state index contributed by atoms with van der Waals surface area (Å²) in [7, 11) is 2.99. The summed E-state index contributed by atoms with van der Waals surface area (Å²) in [4.78, 5) is 85.7. The molecule has 1 aliphatic heterocycles. The molecule has 66 heavy (non-hydrogen) atoms. The van der Waals surface area contributed by atoms with Gasteiger partial charge in [0, 0.05) is 63.6 Å². The van der Waals surface area contributed by atoms with Crippen molar-refractivity contribution >= 4 is 58.1 Å². The van der Waals surface area contributed by atoms with Crippen LogP contribution in [0.15, 0.2) is 103 Å². The van der Waals surface area contributed by atoms with Crippen molar-refractivity contribution in [3.8, 4) is 17.1 Å². The topological polar surface area (TPSA) is 248 Å². The van der Waals surface area contributed by atoms with Crippen molar-refractivity contribution in [1.29, 1.82) is 0 Å². The first kappa shape index (κ1) is 45.7. The molecule has 7 rings (SSSR count). The zero-order valence-corrected chi connectivity index (χ0v) is 36.1. The lowest BCUT2D eigenvalue weighted by Gasteiger charge is -2.33. The highest BCUT2D eigenvalue weighted by molar-refractivity contribution is 6.01. The van der Waals surface area contributed by atoms with Gasteiger partial charge in [0.1, 0.15) is 18.2 Å². The fraction of sp³-hybridized carbons (Fsp3) is 0.261. The highest BCUT2D eigenvalue weighted by Gasteiger charge is 2.27. The van der Waals surface area contributed by atoms with Gasteiger partial charge in [-0.15, -0.1) is 0 Å². The summed E-state index contributed by atoms with van der Waals surface area (Å²) in [6.45, 7) is 1.20. The first-order valence-electron chi connectivity index (χ1n) is 21.0. The Morgan fingerprint density at radius 3 is 2.45 bits per heavy atom. The molecule has 6 aromatic rings. The number of carboxylic acid groups (broad SMARTS) is 1. The normalized spacial score (nSPS) is 13.3. The van der Waals surface area contributed by atoms with Crippen LogP contribution in [0.3, 0.4) is 0 Å². The highest BCUT2D eigenvalue weighted by atomic mass is 19.1. The number of benzene rings is 1. The molecular weight excluding hydrogens is 852 g/mol. The second-order valence-corrected chi connectivity index (χ2v) is 15.3. The zero-order valence-electron chi connectivity index (χ0n) is 36.1. The number of aromatic nitrogens is 6. The van der Waals surface area contributed by atoms with Gasteiger partial charge >= 0.3 is 5.97 Å². The minimum atomic E-state index is -1.16. The third-order valence-electron chi connectivity index (χ3n) is 10.7. The molecule has 5 aromatic heterocycles. The number of amides is 3. The predicted octanol–water partition coefficient (Wildman–Crippen LogP) is 5.18. The Bertz CT molecular complexity index is 2770. The SMILES string of the molecule is CNC(=O)c1cnc(Nc2ccc(C(=O)NCCCCc3cncc(N4CCCC(C(=O)Nc5ccc(=O)n(CC(=O)O)c5)C4)c3)cn2)cc1Nc1cccc(-c2ncc(F)cn2)c1OC. The van der Waals surface area contributed by atoms with E-state index in [9.17, 15) is 28.4 Å². The Morgan fingerprint density at radius 1 is 0.879 bits per heavy atom. The van der Waals surface area contributed by atoms with E-state index in [1.165, 1.54) is 44.9 Å². The molecule has 340 valence electrons. The van der Waals surface area contributed by atoms with Crippen LogP contribution in [0, 0.1) is 11.7 Å². The quantitative estimate of drug-likeness (QED) is 0.0609. The van der Waals surface area contributed by atoms with E-state index in [-0.39, 0.29) is 35.0 Å². The fourth-order valence-electron chi connectivity index (χ4n) is 7.39. The van der Waals surface area contributed by atoms with Gasteiger partial charge in [-0.05, 0) is 74.1 Å². The van der Waals surface area contributed by atoms with E-state index in [2.05, 4.69) is 62.5 Å². The average molecular weight is 899 g/mol. The molecule has 3 amide bonds. The summed E-state index contributed by atoms with van der Waals surface area (Å²) >= 11 is 0. The molecular formula is C46H47FN12O7. The van der Waals surface area contributed by atoms with Gasteiger partial charge in [-0.3, -0.25) is 29.0 Å². The molecule has 19 nitrogen and oxygen atoms in total. The number of ether oxygens (including phenoxy) is 1. The maximum absolute atomic E-state index is 13.5. The number of aryl methyl sites for hydroxylation is 1. The summed E-state index contributed by atoms with van der Waals surface area (Å²) < 4.78 is 20.3. The van der Waals surface area contributed by atoms with Crippen LogP contribution < -0.4 is 41.8 Å². The molecule has 1 aliphatic rings. The van der Waals surface area contributed by atoms with Gasteiger partial charge in [-0.25, -0.2) is 24.3 Å². The van der Waals surface area contributed by atoms with Crippen LogP contribution in [0.25, 0.3) is 11.4 Å². The number of unbranched alkanes of at least 4 members (excludes halogenated alkanes) is 1. The van der Waals surface area contributed by atoms with E-state index in [0.29, 0.717) is 65.1 Å². The Hall–Kier alpha value is -8.29. The van der Waals surface area contributed by atoms with Gasteiger partial charge < -0.3 is 45.9 Å². The van der Waals surface area contributed by atoms with Crippen molar-refractivity contribution in [2.75, 3.05) is 54.6 Å². The fourth-order valence-corrected chi connectivity index (χ4v) is 7.39. The molecule has 0 saturated carbocycles. The van der Waals surface area contributed by atoms with Crippen molar-refractivity contribution < 1.29 is 33.4 Å². The first-order valence-corrected chi connectivity index (χ1v) is 21.0. The number of anilines is 6. The monoisotopic (exact) mass is 898 g/mol. The number of aliphatic carboxylic acids is 1. The van der Waals surface area contributed by atoms with Gasteiger partial charge in [0.05, 0.1) is 71.1 Å². The molecule has 0 aliphatic carbocycles. The Balaban J connectivity index is 0.892. The Kier molecular flexibility index (Phi) is 14.8. The van der Waals surface area contributed by atoms with Gasteiger partial charge in [0.2, 0.25) is 5.91 Å². The zero-order chi connectivity index (χ0) is 46.6. The number of pyridine rings is 4. The minimum absolute atomic E-state index is 0.205. The lowest BCUT2D eigenvalue weighted by molar-refractivity contribution is -0.137. The Morgan fingerprint density at radius 2 is 1.70 bits per heavy atom. The highest BCUT2D eigenvalue weighted by Crippen LogP contribution is 2.37. The van der Waals surface area contributed by atoms with E-state index >= 15 is 0 Å². The first-order chi connectivity index (χ1) is 32.0. The number of nitrogens with one attached hydrogen (secondary N) is 5. The van der Waals surface area contributed by atoms with Crippen molar-refractivity contribution in [2.24, 2.45) is 5.92 Å². The van der Waals surface area contributed by atoms with Crippen LogP contribution in [0.5, 0.6) is 5.75 Å². The van der Waals surface area contributed by atoms with Crippen LogP contribution >= 0.6 is 0 Å². The largest absolute Gasteiger partial charge is 0.494 e. The summed E-state index contributed by atoms with van der Waals surface area (Å²) in [5.74, 6) is -1.52. The smallest absolute Gasteiger partial charge is 0.323 e. The number of rotatable bonds is 18. The second kappa shape index (κ2) is 21.4. The summed E-state index contributed by atoms with van der Waals surface area (Å²) in [6, 6.07) is 14.9. The van der Waals surface area contributed by atoms with Crippen molar-refractivity contribution in [1.82, 2.24) is 40.1 Å². The van der Waals surface area contributed by atoms with Gasteiger partial charge in [0.15, 0.2) is 17.4 Å². The number of carbonyl (C=O) groups excluding carboxylic acids is 3. The minimum Gasteiger partial charge on any atom is -0.494 e. The standard InChI is InChI=1S/C46H47FN12O7/c1-48-46(65)35-24-52-39(18-37(35)56-36-10-5-9-34(42(36)66-2)43-53-21-31(47)22-54-43)57-38-13-11-29(20-51-38)44(63)50-15-4-3-7-28-17-33(23-49-19-28)58-16-6-8-30(25-58)45(64)55-32-12-14-40(60)59(26-32)27-41(61)62/h5,9-14,17-24,26,30H,3-4,6-8,15-16,25,27H2,1-2H3,(H,48,65)(H,50,63)(H,55,64)(H,61,62)(H2,51,52,56,57). The lowest BCUT2D eigenvalue weighted by Crippen LogP contribution is -2.41. The number of methoxy groups -OCH3 is 1. The van der Waals surface area contributed by atoms with E-state index < -0.39 is 23.9 Å². The number of hydrogen-bond donors (Lipinski definition) is 6. The number of nitrogens with zero attached hydrogens (tertiary/aromatic N) is 7. The molecule has 0 spiro atoms. The van der Waals surface area contributed by atoms with Crippen LogP contribution in [-0.2, 0) is 22.6 Å². The van der Waals surface area contributed by atoms with Crippen LogP contribution in [-0.4, -0.2) is 92.1 Å². The van der Waals surface area contributed by atoms with E-state index in [4.69, 9.17) is 9.84 Å². The maximum Gasteiger partial charge on any atom is 0.323 e. The molecule has 6 N–H and O–H groups in total. The van der Waals surface area contributed by atoms with Crippen LogP contribution in [0.1, 0.15) is 52.0 Å². The van der Waals surface area contributed by atoms with Gasteiger partial charge in [-0.1, -0.05) is 6.07 Å². The van der Waals surface area contributed by atoms with E-state index in [1.807, 2.05) is 6.20 Å². The molecule has 0 bridgehead atoms. The summed E-state index contributed by atoms with van der Waals surface area (Å²) in [6.07, 6.45) is 13.7. The average Bonchev–Trinajstić information content (AvgIpc) is 3.32.